The second kappa shape index (κ2) is 19.7. The van der Waals surface area contributed by atoms with Crippen LogP contribution in [0.2, 0.25) is 0 Å². The maximum absolute atomic E-state index is 14.0. The normalized spacial score (nSPS) is 12.8. The van der Waals surface area contributed by atoms with Gasteiger partial charge in [-0.1, -0.05) is 60.7 Å². The van der Waals surface area contributed by atoms with Gasteiger partial charge in [0.2, 0.25) is 17.7 Å². The van der Waals surface area contributed by atoms with Crippen LogP contribution in [0.5, 0.6) is 5.75 Å². The highest BCUT2D eigenvalue weighted by atomic mass is 16.6. The van der Waals surface area contributed by atoms with Crippen LogP contribution in [0.3, 0.4) is 0 Å². The molecule has 0 aliphatic rings. The molecule has 280 valence electrons. The van der Waals surface area contributed by atoms with Gasteiger partial charge >= 0.3 is 12.2 Å². The number of nitrogens with two attached hydrogens (primary N) is 1. The minimum absolute atomic E-state index is 0.0320. The summed E-state index contributed by atoms with van der Waals surface area (Å²) in [5.41, 5.74) is 8.58. The number of phenols is 1. The summed E-state index contributed by atoms with van der Waals surface area (Å²) >= 11 is 0. The Morgan fingerprint density at radius 1 is 0.731 bits per heavy atom. The number of aromatic hydroxyl groups is 1. The van der Waals surface area contributed by atoms with Crippen LogP contribution in [-0.2, 0) is 43.3 Å². The van der Waals surface area contributed by atoms with Gasteiger partial charge in [0.1, 0.15) is 36.1 Å². The van der Waals surface area contributed by atoms with Gasteiger partial charge in [-0.2, -0.15) is 0 Å². The van der Waals surface area contributed by atoms with Crippen LogP contribution in [0.4, 0.5) is 9.59 Å². The SMILES string of the molecule is Cc1cc(O)cc(C)c1C[C@H](NC(=O)OC(C)(C)C)C(=O)N[C@@H](CCCCNC(=O)OCc1ccccc1)C(=O)N[C@@H](Cc1ccccc1)C(N)=O. The second-order valence-corrected chi connectivity index (χ2v) is 13.7. The summed E-state index contributed by atoms with van der Waals surface area (Å²) in [6.07, 6.45) is -0.292. The van der Waals surface area contributed by atoms with E-state index in [0.29, 0.717) is 24.0 Å². The van der Waals surface area contributed by atoms with Gasteiger partial charge in [0.25, 0.3) is 0 Å². The lowest BCUT2D eigenvalue weighted by Gasteiger charge is -2.27. The largest absolute Gasteiger partial charge is 0.508 e. The Labute approximate surface area is 305 Å². The first-order valence-electron chi connectivity index (χ1n) is 17.3. The molecule has 0 spiro atoms. The molecule has 3 atom stereocenters. The number of phenolic OH excluding ortho intramolecular Hbond substituents is 1. The molecule has 0 heterocycles. The summed E-state index contributed by atoms with van der Waals surface area (Å²) in [5.74, 6) is -1.99. The molecular formula is C39H51N5O8. The molecule has 5 amide bonds. The Morgan fingerprint density at radius 3 is 1.87 bits per heavy atom. The molecule has 13 heteroatoms. The van der Waals surface area contributed by atoms with Crippen LogP contribution in [0.25, 0.3) is 0 Å². The van der Waals surface area contributed by atoms with E-state index in [1.807, 2.05) is 36.4 Å². The van der Waals surface area contributed by atoms with Gasteiger partial charge in [-0.25, -0.2) is 9.59 Å². The van der Waals surface area contributed by atoms with Crippen molar-refractivity contribution in [3.63, 3.8) is 0 Å². The summed E-state index contributed by atoms with van der Waals surface area (Å²) in [6, 6.07) is 18.0. The molecule has 0 bridgehead atoms. The predicted molar refractivity (Wildman–Crippen MR) is 196 cm³/mol. The lowest BCUT2D eigenvalue weighted by molar-refractivity contribution is -0.132. The van der Waals surface area contributed by atoms with E-state index in [1.54, 1.807) is 71.0 Å². The Kier molecular flexibility index (Phi) is 15.5. The Morgan fingerprint density at radius 2 is 1.29 bits per heavy atom. The molecule has 3 rings (SSSR count). The number of carbonyl (C=O) groups is 5. The van der Waals surface area contributed by atoms with Gasteiger partial charge in [0.15, 0.2) is 0 Å². The molecule has 0 saturated heterocycles. The number of primary amides is 1. The van der Waals surface area contributed by atoms with Crippen molar-refractivity contribution < 1.29 is 38.6 Å². The molecule has 0 radical (unpaired) electrons. The second-order valence-electron chi connectivity index (χ2n) is 13.7. The van der Waals surface area contributed by atoms with E-state index in [2.05, 4.69) is 21.3 Å². The third kappa shape index (κ3) is 14.3. The van der Waals surface area contributed by atoms with Crippen molar-refractivity contribution in [2.75, 3.05) is 6.54 Å². The first kappa shape index (κ1) is 40.8. The smallest absolute Gasteiger partial charge is 0.408 e. The Balaban J connectivity index is 1.76. The van der Waals surface area contributed by atoms with Gasteiger partial charge in [-0.05, 0) is 93.8 Å². The van der Waals surface area contributed by atoms with Crippen LogP contribution < -0.4 is 27.0 Å². The van der Waals surface area contributed by atoms with Gasteiger partial charge < -0.3 is 41.6 Å². The molecule has 0 unspecified atom stereocenters. The summed E-state index contributed by atoms with van der Waals surface area (Å²) < 4.78 is 10.7. The summed E-state index contributed by atoms with van der Waals surface area (Å²) in [7, 11) is 0. The third-order valence-electron chi connectivity index (χ3n) is 8.07. The molecule has 0 aromatic heterocycles. The number of nitrogens with one attached hydrogen (secondary N) is 4. The molecule has 13 nitrogen and oxygen atoms in total. The van der Waals surface area contributed by atoms with E-state index in [4.69, 9.17) is 15.2 Å². The number of amides is 5. The van der Waals surface area contributed by atoms with Gasteiger partial charge in [-0.15, -0.1) is 0 Å². The van der Waals surface area contributed by atoms with E-state index in [9.17, 15) is 29.1 Å². The maximum Gasteiger partial charge on any atom is 0.408 e. The molecule has 52 heavy (non-hydrogen) atoms. The fraction of sp³-hybridized carbons (Fsp3) is 0.410. The van der Waals surface area contributed by atoms with Gasteiger partial charge in [0.05, 0.1) is 0 Å². The zero-order valence-electron chi connectivity index (χ0n) is 30.5. The Hall–Kier alpha value is -5.59. The van der Waals surface area contributed by atoms with Crippen LogP contribution in [0.15, 0.2) is 72.8 Å². The molecule has 0 aliphatic carbocycles. The number of hydrogen-bond donors (Lipinski definition) is 6. The Bertz CT molecular complexity index is 1640. The van der Waals surface area contributed by atoms with Crippen LogP contribution >= 0.6 is 0 Å². The van der Waals surface area contributed by atoms with E-state index in [0.717, 1.165) is 16.7 Å². The van der Waals surface area contributed by atoms with Crippen molar-refractivity contribution in [2.45, 2.75) is 97.1 Å². The van der Waals surface area contributed by atoms with Crippen molar-refractivity contribution in [2.24, 2.45) is 5.73 Å². The first-order valence-corrected chi connectivity index (χ1v) is 17.3. The first-order chi connectivity index (χ1) is 24.6. The number of alkyl carbamates (subject to hydrolysis) is 2. The number of rotatable bonds is 17. The highest BCUT2D eigenvalue weighted by Gasteiger charge is 2.31. The minimum atomic E-state index is -1.18. The molecule has 0 saturated carbocycles. The molecule has 0 aliphatic heterocycles. The zero-order valence-corrected chi connectivity index (χ0v) is 30.5. The highest BCUT2D eigenvalue weighted by Crippen LogP contribution is 2.22. The summed E-state index contributed by atoms with van der Waals surface area (Å²) in [6.45, 7) is 9.00. The molecule has 0 fully saturated rings. The fourth-order valence-corrected chi connectivity index (χ4v) is 5.48. The lowest BCUT2D eigenvalue weighted by atomic mass is 9.95. The number of benzene rings is 3. The van der Waals surface area contributed by atoms with Crippen LogP contribution in [0.1, 0.15) is 67.9 Å². The average molecular weight is 718 g/mol. The van der Waals surface area contributed by atoms with Crippen molar-refractivity contribution in [1.29, 1.82) is 0 Å². The fourth-order valence-electron chi connectivity index (χ4n) is 5.48. The molecular weight excluding hydrogens is 666 g/mol. The van der Waals surface area contributed by atoms with Gasteiger partial charge in [0, 0.05) is 19.4 Å². The maximum atomic E-state index is 14.0. The summed E-state index contributed by atoms with van der Waals surface area (Å²) in [5, 5.41) is 20.8. The van der Waals surface area contributed by atoms with Crippen molar-refractivity contribution >= 4 is 29.9 Å². The van der Waals surface area contributed by atoms with E-state index in [-0.39, 0.29) is 38.2 Å². The average Bonchev–Trinajstić information content (AvgIpc) is 3.07. The predicted octanol–water partition coefficient (Wildman–Crippen LogP) is 4.24. The number of unbranched alkanes of at least 4 members (excludes halogenated alkanes) is 1. The number of aryl methyl sites for hydroxylation is 2. The molecule has 3 aromatic carbocycles. The van der Waals surface area contributed by atoms with E-state index >= 15 is 0 Å². The van der Waals surface area contributed by atoms with Crippen molar-refractivity contribution in [3.8, 4) is 5.75 Å². The van der Waals surface area contributed by atoms with Crippen molar-refractivity contribution in [3.05, 3.63) is 101 Å². The highest BCUT2D eigenvalue weighted by molar-refractivity contribution is 5.93. The zero-order chi connectivity index (χ0) is 38.3. The van der Waals surface area contributed by atoms with E-state index in [1.165, 1.54) is 0 Å². The monoisotopic (exact) mass is 717 g/mol. The van der Waals surface area contributed by atoms with Gasteiger partial charge in [-0.3, -0.25) is 14.4 Å². The third-order valence-corrected chi connectivity index (χ3v) is 8.07. The van der Waals surface area contributed by atoms with Crippen LogP contribution in [-0.4, -0.2) is 65.3 Å². The number of carbonyl (C=O) groups excluding carboxylic acids is 5. The van der Waals surface area contributed by atoms with Crippen LogP contribution in [0, 0.1) is 13.8 Å². The molecule has 3 aromatic rings. The summed E-state index contributed by atoms with van der Waals surface area (Å²) in [4.78, 5) is 65.2. The topological polar surface area (TPSA) is 198 Å². The minimum Gasteiger partial charge on any atom is -0.508 e. The van der Waals surface area contributed by atoms with E-state index < -0.39 is 53.6 Å². The number of hydrogen-bond acceptors (Lipinski definition) is 8. The number of ether oxygens (including phenoxy) is 2. The molecule has 7 N–H and O–H groups in total. The van der Waals surface area contributed by atoms with Crippen molar-refractivity contribution in [1.82, 2.24) is 21.3 Å². The quantitative estimate of drug-likeness (QED) is 0.111. The standard InChI is InChI=1S/C39H51N5O8/c1-25-20-29(45)21-26(2)30(25)23-33(44-38(50)52-39(3,4)5)36(48)42-31(35(47)43-32(34(40)46)22-27-14-8-6-9-15-27)18-12-13-19-41-37(49)51-24-28-16-10-7-11-17-28/h6-11,14-17,20-21,31-33,45H,12-13,18-19,22-24H2,1-5H3,(H2,40,46)(H,41,49)(H,42,48)(H,43,47)(H,44,50)/t31-,32-,33-/m0/s1. The lowest BCUT2D eigenvalue weighted by Crippen LogP contribution is -2.57.